The number of hydrogen-bond donors (Lipinski definition) is 3. The van der Waals surface area contributed by atoms with E-state index in [9.17, 15) is 10.2 Å². The lowest BCUT2D eigenvalue weighted by Gasteiger charge is -2.14. The van der Waals surface area contributed by atoms with Crippen LogP contribution in [0.1, 0.15) is 50.8 Å². The topological polar surface area (TPSA) is 106 Å². The predicted octanol–water partition coefficient (Wildman–Crippen LogP) is 1.78. The molecule has 0 spiro atoms. The Hall–Kier alpha value is -1.70. The summed E-state index contributed by atoms with van der Waals surface area (Å²) in [5.74, 6) is 0.474. The van der Waals surface area contributed by atoms with Crippen LogP contribution in [0.15, 0.2) is 12.5 Å². The summed E-state index contributed by atoms with van der Waals surface area (Å²) in [4.78, 5) is 8.50. The summed E-state index contributed by atoms with van der Waals surface area (Å²) in [6.45, 7) is 2.00. The van der Waals surface area contributed by atoms with Crippen LogP contribution in [0.4, 0.5) is 5.82 Å². The Kier molecular flexibility index (Phi) is 5.33. The van der Waals surface area contributed by atoms with Gasteiger partial charge in [-0.25, -0.2) is 9.97 Å². The first-order chi connectivity index (χ1) is 11.7. The highest BCUT2D eigenvalue weighted by atomic mass is 16.5. The molecule has 2 aromatic heterocycles. The fourth-order valence-electron chi connectivity index (χ4n) is 3.39. The fraction of sp³-hybridized carbons (Fsp3) is 0.647. The third kappa shape index (κ3) is 3.24. The number of fused-ring (bicyclic) bond motifs is 1. The van der Waals surface area contributed by atoms with E-state index in [4.69, 9.17) is 10.5 Å². The molecule has 0 bridgehead atoms. The number of hydrogen-bond acceptors (Lipinski definition) is 6. The Labute approximate surface area is 141 Å². The van der Waals surface area contributed by atoms with Crippen LogP contribution in [0, 0.1) is 0 Å². The van der Waals surface area contributed by atoms with E-state index >= 15 is 0 Å². The maximum absolute atomic E-state index is 10.00. The van der Waals surface area contributed by atoms with Gasteiger partial charge in [0.05, 0.1) is 18.1 Å². The van der Waals surface area contributed by atoms with Gasteiger partial charge in [0, 0.05) is 12.6 Å². The smallest absolute Gasteiger partial charge is 0.147 e. The Bertz CT molecular complexity index is 688. The molecule has 0 amide bonds. The number of aromatic nitrogens is 3. The molecule has 132 valence electrons. The second-order valence-electron chi connectivity index (χ2n) is 6.44. The Morgan fingerprint density at radius 3 is 2.88 bits per heavy atom. The van der Waals surface area contributed by atoms with Crippen molar-refractivity contribution in [2.24, 2.45) is 0 Å². The summed E-state index contributed by atoms with van der Waals surface area (Å²) in [6, 6.07) is 0. The van der Waals surface area contributed by atoms with Crippen molar-refractivity contribution in [2.45, 2.75) is 63.9 Å². The standard InChI is InChI=1S/C17H26N4O3/c1-2-3-4-5-6-11-8-21(14-7-12(23)13(9-22)24-14)17-15(11)16(18)19-10-20-17/h8,10,12-14,22-23H,2-7,9H2,1H3,(H2,18,19,20)/t12-,13+,14+/m0/s1. The van der Waals surface area contributed by atoms with Crippen molar-refractivity contribution < 1.29 is 14.9 Å². The number of aliphatic hydroxyl groups excluding tert-OH is 2. The van der Waals surface area contributed by atoms with E-state index in [2.05, 4.69) is 16.9 Å². The molecule has 24 heavy (non-hydrogen) atoms. The highest BCUT2D eigenvalue weighted by molar-refractivity contribution is 5.89. The Morgan fingerprint density at radius 1 is 1.33 bits per heavy atom. The van der Waals surface area contributed by atoms with Gasteiger partial charge in [0.1, 0.15) is 30.1 Å². The Balaban J connectivity index is 1.90. The lowest BCUT2D eigenvalue weighted by atomic mass is 10.1. The molecule has 2 aromatic rings. The molecule has 0 aliphatic carbocycles. The van der Waals surface area contributed by atoms with Gasteiger partial charge < -0.3 is 25.3 Å². The first kappa shape index (κ1) is 17.1. The van der Waals surface area contributed by atoms with Crippen molar-refractivity contribution in [1.29, 1.82) is 0 Å². The number of nitrogens with zero attached hydrogens (tertiary/aromatic N) is 3. The molecule has 3 atom stereocenters. The number of aliphatic hydroxyl groups is 2. The van der Waals surface area contributed by atoms with Gasteiger partial charge in [-0.15, -0.1) is 0 Å². The molecule has 7 nitrogen and oxygen atoms in total. The zero-order chi connectivity index (χ0) is 17.1. The minimum atomic E-state index is -0.676. The molecular formula is C17H26N4O3. The average Bonchev–Trinajstić information content (AvgIpc) is 3.13. The quantitative estimate of drug-likeness (QED) is 0.666. The zero-order valence-corrected chi connectivity index (χ0v) is 14.1. The van der Waals surface area contributed by atoms with Gasteiger partial charge in [-0.2, -0.15) is 0 Å². The number of ether oxygens (including phenoxy) is 1. The lowest BCUT2D eigenvalue weighted by Crippen LogP contribution is -2.24. The summed E-state index contributed by atoms with van der Waals surface area (Å²) < 4.78 is 7.69. The van der Waals surface area contributed by atoms with Gasteiger partial charge >= 0.3 is 0 Å². The molecule has 0 saturated carbocycles. The van der Waals surface area contributed by atoms with Crippen LogP contribution in [0.5, 0.6) is 0 Å². The van der Waals surface area contributed by atoms with Crippen molar-refractivity contribution in [2.75, 3.05) is 12.3 Å². The number of nitrogens with two attached hydrogens (primary N) is 1. The third-order valence-electron chi connectivity index (χ3n) is 4.71. The fourth-order valence-corrected chi connectivity index (χ4v) is 3.39. The summed E-state index contributed by atoms with van der Waals surface area (Å²) >= 11 is 0. The van der Waals surface area contributed by atoms with Crippen LogP contribution in [-0.4, -0.2) is 43.6 Å². The van der Waals surface area contributed by atoms with E-state index in [0.29, 0.717) is 12.2 Å². The molecule has 1 aliphatic heterocycles. The maximum atomic E-state index is 10.00. The molecule has 1 fully saturated rings. The van der Waals surface area contributed by atoms with E-state index in [-0.39, 0.29) is 12.8 Å². The predicted molar refractivity (Wildman–Crippen MR) is 91.4 cm³/mol. The van der Waals surface area contributed by atoms with Crippen molar-refractivity contribution in [3.63, 3.8) is 0 Å². The number of rotatable bonds is 7. The highest BCUT2D eigenvalue weighted by Crippen LogP contribution is 2.34. The van der Waals surface area contributed by atoms with Crippen molar-refractivity contribution in [1.82, 2.24) is 14.5 Å². The number of aryl methyl sites for hydroxylation is 1. The van der Waals surface area contributed by atoms with Crippen molar-refractivity contribution >= 4 is 16.9 Å². The largest absolute Gasteiger partial charge is 0.394 e. The summed E-state index contributed by atoms with van der Waals surface area (Å²) in [5.41, 5.74) is 7.93. The van der Waals surface area contributed by atoms with Crippen LogP contribution in [-0.2, 0) is 11.2 Å². The van der Waals surface area contributed by atoms with E-state index in [1.807, 2.05) is 10.8 Å². The monoisotopic (exact) mass is 334 g/mol. The normalized spacial score (nSPS) is 24.0. The number of unbranched alkanes of at least 4 members (excludes halogenated alkanes) is 3. The average molecular weight is 334 g/mol. The molecule has 1 aliphatic rings. The molecular weight excluding hydrogens is 308 g/mol. The summed E-state index contributed by atoms with van der Waals surface area (Å²) in [7, 11) is 0. The second-order valence-corrected chi connectivity index (χ2v) is 6.44. The van der Waals surface area contributed by atoms with Gasteiger partial charge in [-0.1, -0.05) is 26.2 Å². The third-order valence-corrected chi connectivity index (χ3v) is 4.71. The van der Waals surface area contributed by atoms with E-state index in [1.54, 1.807) is 0 Å². The van der Waals surface area contributed by atoms with Gasteiger partial charge in [0.15, 0.2) is 0 Å². The van der Waals surface area contributed by atoms with Gasteiger partial charge in [0.2, 0.25) is 0 Å². The lowest BCUT2D eigenvalue weighted by molar-refractivity contribution is -0.0430. The van der Waals surface area contributed by atoms with Crippen LogP contribution in [0.2, 0.25) is 0 Å². The van der Waals surface area contributed by atoms with Gasteiger partial charge in [-0.3, -0.25) is 0 Å². The minimum Gasteiger partial charge on any atom is -0.394 e. The summed E-state index contributed by atoms with van der Waals surface area (Å²) in [6.07, 6.45) is 7.92. The first-order valence-electron chi connectivity index (χ1n) is 8.70. The second kappa shape index (κ2) is 7.46. The molecule has 7 heteroatoms. The van der Waals surface area contributed by atoms with Gasteiger partial charge in [-0.05, 0) is 18.4 Å². The first-order valence-corrected chi connectivity index (χ1v) is 8.70. The van der Waals surface area contributed by atoms with Gasteiger partial charge in [0.25, 0.3) is 0 Å². The molecule has 3 heterocycles. The minimum absolute atomic E-state index is 0.197. The SMILES string of the molecule is CCCCCCc1cn([C@H]2C[C@H](O)[C@@H](CO)O2)c2ncnc(N)c12. The van der Waals surface area contributed by atoms with Crippen LogP contribution >= 0.6 is 0 Å². The van der Waals surface area contributed by atoms with Crippen molar-refractivity contribution in [3.05, 3.63) is 18.1 Å². The summed E-state index contributed by atoms with van der Waals surface area (Å²) in [5, 5.41) is 20.2. The van der Waals surface area contributed by atoms with E-state index in [1.165, 1.54) is 25.6 Å². The molecule has 0 unspecified atom stereocenters. The number of anilines is 1. The van der Waals surface area contributed by atoms with Crippen LogP contribution < -0.4 is 5.73 Å². The number of nitrogen functional groups attached to an aromatic ring is 1. The molecule has 1 saturated heterocycles. The highest BCUT2D eigenvalue weighted by Gasteiger charge is 2.35. The van der Waals surface area contributed by atoms with E-state index in [0.717, 1.165) is 29.4 Å². The zero-order valence-electron chi connectivity index (χ0n) is 14.1. The molecule has 0 radical (unpaired) electrons. The van der Waals surface area contributed by atoms with Crippen LogP contribution in [0.3, 0.4) is 0 Å². The Morgan fingerprint density at radius 2 is 2.17 bits per heavy atom. The van der Waals surface area contributed by atoms with Crippen LogP contribution in [0.25, 0.3) is 11.0 Å². The molecule has 3 rings (SSSR count). The molecule has 4 N–H and O–H groups in total. The van der Waals surface area contributed by atoms with E-state index < -0.39 is 12.2 Å². The van der Waals surface area contributed by atoms with Crippen molar-refractivity contribution in [3.8, 4) is 0 Å². The molecule has 0 aromatic carbocycles. The maximum Gasteiger partial charge on any atom is 0.147 e.